The molecule has 4 heteroatoms. The maximum Gasteiger partial charge on any atom is 0.223 e. The number of carbonyl (C=O) groups excluding carboxylic acids is 2. The van der Waals surface area contributed by atoms with Crippen molar-refractivity contribution < 1.29 is 9.59 Å². The van der Waals surface area contributed by atoms with Crippen molar-refractivity contribution in [3.8, 4) is 0 Å². The third-order valence-corrected chi connectivity index (χ3v) is 5.97. The molecule has 0 unspecified atom stereocenters. The van der Waals surface area contributed by atoms with E-state index >= 15 is 0 Å². The predicted octanol–water partition coefficient (Wildman–Crippen LogP) is 3.26. The summed E-state index contributed by atoms with van der Waals surface area (Å²) in [4.78, 5) is 23.3. The van der Waals surface area contributed by atoms with Crippen molar-refractivity contribution in [3.63, 3.8) is 0 Å². The van der Waals surface area contributed by atoms with Gasteiger partial charge in [-0.3, -0.25) is 9.59 Å². The van der Waals surface area contributed by atoms with E-state index in [4.69, 9.17) is 0 Å². The number of rotatable bonds is 6. The quantitative estimate of drug-likeness (QED) is 0.788. The molecular weight excluding hydrogens is 288 g/mol. The van der Waals surface area contributed by atoms with Crippen LogP contribution in [-0.4, -0.2) is 24.9 Å². The minimum absolute atomic E-state index is 0.0668. The molecule has 0 aromatic rings. The van der Waals surface area contributed by atoms with Crippen molar-refractivity contribution in [1.29, 1.82) is 0 Å². The second-order valence-corrected chi connectivity index (χ2v) is 7.69. The molecule has 0 bridgehead atoms. The van der Waals surface area contributed by atoms with Gasteiger partial charge in [0, 0.05) is 25.9 Å². The lowest BCUT2D eigenvalue weighted by molar-refractivity contribution is -0.126. The van der Waals surface area contributed by atoms with Gasteiger partial charge in [-0.05, 0) is 69.1 Å². The fraction of sp³-hybridized carbons (Fsp3) is 0.895. The number of hydrogen-bond donors (Lipinski definition) is 2. The second-order valence-electron chi connectivity index (χ2n) is 7.69. The maximum absolute atomic E-state index is 12.3. The molecule has 4 nitrogen and oxygen atoms in total. The Labute approximate surface area is 141 Å². The lowest BCUT2D eigenvalue weighted by Gasteiger charge is -2.30. The van der Waals surface area contributed by atoms with Gasteiger partial charge in [0.15, 0.2) is 0 Å². The van der Waals surface area contributed by atoms with Crippen LogP contribution in [0.3, 0.4) is 0 Å². The molecule has 23 heavy (non-hydrogen) atoms. The average molecular weight is 322 g/mol. The minimum Gasteiger partial charge on any atom is -0.356 e. The molecule has 2 aliphatic rings. The van der Waals surface area contributed by atoms with Crippen LogP contribution in [0.2, 0.25) is 0 Å². The number of nitrogens with one attached hydrogen (secondary N) is 2. The second kappa shape index (κ2) is 9.29. The summed E-state index contributed by atoms with van der Waals surface area (Å²) in [5.41, 5.74) is 0. The highest BCUT2D eigenvalue weighted by atomic mass is 16.2. The topological polar surface area (TPSA) is 58.2 Å². The summed E-state index contributed by atoms with van der Waals surface area (Å²) < 4.78 is 0. The first-order valence-corrected chi connectivity index (χ1v) is 9.60. The Balaban J connectivity index is 1.60. The largest absolute Gasteiger partial charge is 0.356 e. The fourth-order valence-corrected chi connectivity index (χ4v) is 4.15. The number of amides is 2. The molecule has 2 fully saturated rings. The van der Waals surface area contributed by atoms with Gasteiger partial charge < -0.3 is 10.6 Å². The Hall–Kier alpha value is -1.06. The van der Waals surface area contributed by atoms with Crippen LogP contribution in [0.5, 0.6) is 0 Å². The zero-order valence-electron chi connectivity index (χ0n) is 14.9. The van der Waals surface area contributed by atoms with Crippen molar-refractivity contribution in [2.24, 2.45) is 23.7 Å². The van der Waals surface area contributed by atoms with Gasteiger partial charge >= 0.3 is 0 Å². The van der Waals surface area contributed by atoms with E-state index in [1.165, 1.54) is 44.9 Å². The molecule has 0 aliphatic heterocycles. The molecule has 0 spiro atoms. The summed E-state index contributed by atoms with van der Waals surface area (Å²) in [5.74, 6) is 2.71. The van der Waals surface area contributed by atoms with E-state index in [-0.39, 0.29) is 11.8 Å². The van der Waals surface area contributed by atoms with Crippen LogP contribution in [0.25, 0.3) is 0 Å². The highest BCUT2D eigenvalue weighted by Gasteiger charge is 2.26. The van der Waals surface area contributed by atoms with Crippen LogP contribution in [0.1, 0.15) is 71.6 Å². The molecule has 0 heterocycles. The molecule has 2 amide bonds. The molecule has 2 aliphatic carbocycles. The standard InChI is InChI=1S/C19H34N2O2/c1-3-15-8-10-18(11-9-15)19(23)21-13-17-6-4-16(5-7-17)12-20-14(2)22/h15-18H,3-13H2,1-2H3,(H,20,22)(H,21,23). The highest BCUT2D eigenvalue weighted by molar-refractivity contribution is 5.78. The first-order chi connectivity index (χ1) is 11.1. The zero-order chi connectivity index (χ0) is 16.7. The van der Waals surface area contributed by atoms with Gasteiger partial charge in [-0.1, -0.05) is 13.3 Å². The van der Waals surface area contributed by atoms with Crippen molar-refractivity contribution in [3.05, 3.63) is 0 Å². The molecule has 0 aromatic heterocycles. The van der Waals surface area contributed by atoms with E-state index in [2.05, 4.69) is 17.6 Å². The van der Waals surface area contributed by atoms with Gasteiger partial charge in [0.05, 0.1) is 0 Å². The first kappa shape index (κ1) is 18.3. The van der Waals surface area contributed by atoms with E-state index in [0.29, 0.717) is 17.7 Å². The van der Waals surface area contributed by atoms with E-state index in [9.17, 15) is 9.59 Å². The summed E-state index contributed by atoms with van der Waals surface area (Å²) in [7, 11) is 0. The molecule has 2 saturated carbocycles. The summed E-state index contributed by atoms with van der Waals surface area (Å²) >= 11 is 0. The SMILES string of the molecule is CCC1CCC(C(=O)NCC2CCC(CNC(C)=O)CC2)CC1. The normalized spacial score (nSPS) is 31.4. The van der Waals surface area contributed by atoms with Crippen molar-refractivity contribution in [2.75, 3.05) is 13.1 Å². The van der Waals surface area contributed by atoms with Crippen LogP contribution >= 0.6 is 0 Å². The Morgan fingerprint density at radius 3 is 1.74 bits per heavy atom. The third kappa shape index (κ3) is 6.15. The number of hydrogen-bond acceptors (Lipinski definition) is 2. The van der Waals surface area contributed by atoms with Gasteiger partial charge in [-0.2, -0.15) is 0 Å². The molecule has 0 aromatic carbocycles. The maximum atomic E-state index is 12.3. The molecule has 2 N–H and O–H groups in total. The fourth-order valence-electron chi connectivity index (χ4n) is 4.15. The van der Waals surface area contributed by atoms with E-state index in [1.807, 2.05) is 0 Å². The van der Waals surface area contributed by atoms with Crippen molar-refractivity contribution >= 4 is 11.8 Å². The number of carbonyl (C=O) groups is 2. The van der Waals surface area contributed by atoms with Crippen LogP contribution in [0.4, 0.5) is 0 Å². The van der Waals surface area contributed by atoms with Gasteiger partial charge in [-0.15, -0.1) is 0 Å². The Morgan fingerprint density at radius 2 is 1.26 bits per heavy atom. The minimum atomic E-state index is 0.0668. The third-order valence-electron chi connectivity index (χ3n) is 5.97. The van der Waals surface area contributed by atoms with Crippen LogP contribution in [0, 0.1) is 23.7 Å². The van der Waals surface area contributed by atoms with Crippen molar-refractivity contribution in [1.82, 2.24) is 10.6 Å². The summed E-state index contributed by atoms with van der Waals surface area (Å²) in [6.07, 6.45) is 10.6. The summed E-state index contributed by atoms with van der Waals surface area (Å²) in [5, 5.41) is 6.13. The van der Waals surface area contributed by atoms with Crippen LogP contribution < -0.4 is 10.6 Å². The first-order valence-electron chi connectivity index (χ1n) is 9.60. The molecule has 0 saturated heterocycles. The van der Waals surface area contributed by atoms with Gasteiger partial charge in [-0.25, -0.2) is 0 Å². The van der Waals surface area contributed by atoms with Gasteiger partial charge in [0.25, 0.3) is 0 Å². The molecule has 2 rings (SSSR count). The highest BCUT2D eigenvalue weighted by Crippen LogP contribution is 2.31. The predicted molar refractivity (Wildman–Crippen MR) is 92.9 cm³/mol. The summed E-state index contributed by atoms with van der Waals surface area (Å²) in [6, 6.07) is 0. The lowest BCUT2D eigenvalue weighted by Crippen LogP contribution is -2.37. The van der Waals surface area contributed by atoms with Crippen molar-refractivity contribution in [2.45, 2.75) is 71.6 Å². The molecule has 132 valence electrons. The van der Waals surface area contributed by atoms with Crippen LogP contribution in [-0.2, 0) is 9.59 Å². The molecule has 0 atom stereocenters. The lowest BCUT2D eigenvalue weighted by atomic mass is 9.80. The molecule has 0 radical (unpaired) electrons. The Kier molecular flexibility index (Phi) is 7.38. The smallest absolute Gasteiger partial charge is 0.223 e. The zero-order valence-corrected chi connectivity index (χ0v) is 14.9. The monoisotopic (exact) mass is 322 g/mol. The molecular formula is C19H34N2O2. The van der Waals surface area contributed by atoms with Gasteiger partial charge in [0.1, 0.15) is 0 Å². The average Bonchev–Trinajstić information content (AvgIpc) is 2.58. The Morgan fingerprint density at radius 1 is 0.783 bits per heavy atom. The summed E-state index contributed by atoms with van der Waals surface area (Å²) in [6.45, 7) is 5.50. The van der Waals surface area contributed by atoms with E-state index in [1.54, 1.807) is 6.92 Å². The van der Waals surface area contributed by atoms with E-state index < -0.39 is 0 Å². The van der Waals surface area contributed by atoms with Crippen LogP contribution in [0.15, 0.2) is 0 Å². The van der Waals surface area contributed by atoms with Gasteiger partial charge in [0.2, 0.25) is 11.8 Å². The Bertz CT molecular complexity index is 381. The van der Waals surface area contributed by atoms with E-state index in [0.717, 1.165) is 31.8 Å².